The largest absolute Gasteiger partial charge is 0.382 e. The summed E-state index contributed by atoms with van der Waals surface area (Å²) >= 11 is 0. The third kappa shape index (κ3) is 7.33. The molecule has 0 saturated heterocycles. The highest BCUT2D eigenvalue weighted by molar-refractivity contribution is 5.77. The van der Waals surface area contributed by atoms with Crippen LogP contribution in [0, 0.1) is 5.92 Å². The second-order valence-corrected chi connectivity index (χ2v) is 3.86. The van der Waals surface area contributed by atoms with Crippen molar-refractivity contribution in [1.82, 2.24) is 5.32 Å². The summed E-state index contributed by atoms with van der Waals surface area (Å²) in [6, 6.07) is 0. The van der Waals surface area contributed by atoms with Crippen LogP contribution < -0.4 is 5.32 Å². The minimum Gasteiger partial charge on any atom is -0.382 e. The summed E-state index contributed by atoms with van der Waals surface area (Å²) in [4.78, 5) is 11.2. The molecule has 4 nitrogen and oxygen atoms in total. The maximum atomic E-state index is 11.2. The number of amides is 1. The molecule has 0 aromatic carbocycles. The first-order valence-corrected chi connectivity index (χ1v) is 5.75. The SMILES string of the molecule is CCOCCCNC(=O)COCC1CC1. The van der Waals surface area contributed by atoms with Crippen molar-refractivity contribution in [3.63, 3.8) is 0 Å². The van der Waals surface area contributed by atoms with Gasteiger partial charge in [0.05, 0.1) is 6.61 Å². The Morgan fingerprint density at radius 2 is 2.20 bits per heavy atom. The number of hydrogen-bond donors (Lipinski definition) is 1. The molecule has 0 unspecified atom stereocenters. The van der Waals surface area contributed by atoms with Crippen LogP contribution in [0.3, 0.4) is 0 Å². The van der Waals surface area contributed by atoms with E-state index in [1.54, 1.807) is 0 Å². The topological polar surface area (TPSA) is 47.6 Å². The molecule has 1 aliphatic rings. The first-order chi connectivity index (χ1) is 7.33. The first-order valence-electron chi connectivity index (χ1n) is 5.75. The molecule has 1 amide bonds. The summed E-state index contributed by atoms with van der Waals surface area (Å²) in [5.41, 5.74) is 0. The quantitative estimate of drug-likeness (QED) is 0.583. The number of carbonyl (C=O) groups excluding carboxylic acids is 1. The molecule has 88 valence electrons. The van der Waals surface area contributed by atoms with E-state index in [2.05, 4.69) is 5.32 Å². The molecule has 15 heavy (non-hydrogen) atoms. The molecule has 0 radical (unpaired) electrons. The predicted octanol–water partition coefficient (Wildman–Crippen LogP) is 0.956. The van der Waals surface area contributed by atoms with Gasteiger partial charge in [0.1, 0.15) is 6.61 Å². The van der Waals surface area contributed by atoms with Crippen LogP contribution in [0.4, 0.5) is 0 Å². The summed E-state index contributed by atoms with van der Waals surface area (Å²) in [6.07, 6.45) is 3.38. The van der Waals surface area contributed by atoms with Crippen molar-refractivity contribution in [1.29, 1.82) is 0 Å². The molecule has 0 aliphatic heterocycles. The zero-order chi connectivity index (χ0) is 10.9. The third-order valence-corrected chi connectivity index (χ3v) is 2.28. The number of hydrogen-bond acceptors (Lipinski definition) is 3. The van der Waals surface area contributed by atoms with Crippen LogP contribution in [-0.4, -0.2) is 38.9 Å². The maximum Gasteiger partial charge on any atom is 0.245 e. The summed E-state index contributed by atoms with van der Waals surface area (Å²) < 4.78 is 10.4. The highest BCUT2D eigenvalue weighted by atomic mass is 16.5. The second kappa shape index (κ2) is 7.65. The molecule has 0 bridgehead atoms. The van der Waals surface area contributed by atoms with E-state index in [9.17, 15) is 4.79 Å². The van der Waals surface area contributed by atoms with Crippen molar-refractivity contribution < 1.29 is 14.3 Å². The Balaban J connectivity index is 1.80. The van der Waals surface area contributed by atoms with Gasteiger partial charge in [-0.25, -0.2) is 0 Å². The van der Waals surface area contributed by atoms with E-state index in [1.807, 2.05) is 6.92 Å². The van der Waals surface area contributed by atoms with Crippen molar-refractivity contribution >= 4 is 5.91 Å². The lowest BCUT2D eigenvalue weighted by molar-refractivity contribution is -0.125. The third-order valence-electron chi connectivity index (χ3n) is 2.28. The van der Waals surface area contributed by atoms with Crippen LogP contribution in [0.5, 0.6) is 0 Å². The van der Waals surface area contributed by atoms with Gasteiger partial charge in [0.15, 0.2) is 0 Å². The van der Waals surface area contributed by atoms with Crippen LogP contribution in [0.2, 0.25) is 0 Å². The fourth-order valence-corrected chi connectivity index (χ4v) is 1.20. The van der Waals surface area contributed by atoms with E-state index in [0.717, 1.165) is 25.6 Å². The fourth-order valence-electron chi connectivity index (χ4n) is 1.20. The minimum absolute atomic E-state index is 0.0212. The van der Waals surface area contributed by atoms with Gasteiger partial charge in [-0.15, -0.1) is 0 Å². The smallest absolute Gasteiger partial charge is 0.245 e. The molecular formula is C11H21NO3. The van der Waals surface area contributed by atoms with Gasteiger partial charge < -0.3 is 14.8 Å². The van der Waals surface area contributed by atoms with Crippen LogP contribution in [0.1, 0.15) is 26.2 Å². The van der Waals surface area contributed by atoms with Crippen molar-refractivity contribution in [3.8, 4) is 0 Å². The standard InChI is InChI=1S/C11H21NO3/c1-2-14-7-3-6-12-11(13)9-15-8-10-4-5-10/h10H,2-9H2,1H3,(H,12,13). The van der Waals surface area contributed by atoms with E-state index in [-0.39, 0.29) is 12.5 Å². The van der Waals surface area contributed by atoms with Gasteiger partial charge in [0.2, 0.25) is 5.91 Å². The monoisotopic (exact) mass is 215 g/mol. The van der Waals surface area contributed by atoms with Gasteiger partial charge in [-0.05, 0) is 32.1 Å². The van der Waals surface area contributed by atoms with Gasteiger partial charge in [-0.2, -0.15) is 0 Å². The lowest BCUT2D eigenvalue weighted by atomic mass is 10.4. The maximum absolute atomic E-state index is 11.2. The van der Waals surface area contributed by atoms with Gasteiger partial charge in [-0.1, -0.05) is 0 Å². The minimum atomic E-state index is -0.0212. The molecule has 1 aliphatic carbocycles. The van der Waals surface area contributed by atoms with Crippen molar-refractivity contribution in [2.75, 3.05) is 33.0 Å². The Morgan fingerprint density at radius 3 is 2.87 bits per heavy atom. The van der Waals surface area contributed by atoms with Gasteiger partial charge in [0, 0.05) is 19.8 Å². The Kier molecular flexibility index (Phi) is 6.36. The second-order valence-electron chi connectivity index (χ2n) is 3.86. The van der Waals surface area contributed by atoms with E-state index in [4.69, 9.17) is 9.47 Å². The Bertz CT molecular complexity index is 181. The number of nitrogens with one attached hydrogen (secondary N) is 1. The Labute approximate surface area is 91.3 Å². The van der Waals surface area contributed by atoms with E-state index in [0.29, 0.717) is 13.2 Å². The van der Waals surface area contributed by atoms with Crippen molar-refractivity contribution in [3.05, 3.63) is 0 Å². The average molecular weight is 215 g/mol. The van der Waals surface area contributed by atoms with E-state index >= 15 is 0 Å². The fraction of sp³-hybridized carbons (Fsp3) is 0.909. The normalized spacial score (nSPS) is 15.3. The molecule has 0 heterocycles. The van der Waals surface area contributed by atoms with Gasteiger partial charge >= 0.3 is 0 Å². The molecule has 1 fully saturated rings. The Hall–Kier alpha value is -0.610. The predicted molar refractivity (Wildman–Crippen MR) is 57.7 cm³/mol. The van der Waals surface area contributed by atoms with Crippen LogP contribution >= 0.6 is 0 Å². The highest BCUT2D eigenvalue weighted by Crippen LogP contribution is 2.28. The lowest BCUT2D eigenvalue weighted by Crippen LogP contribution is -2.29. The molecular weight excluding hydrogens is 194 g/mol. The lowest BCUT2D eigenvalue weighted by Gasteiger charge is -2.05. The van der Waals surface area contributed by atoms with Crippen LogP contribution in [0.25, 0.3) is 0 Å². The molecule has 1 rings (SSSR count). The molecule has 0 spiro atoms. The summed E-state index contributed by atoms with van der Waals surface area (Å²) in [5.74, 6) is 0.697. The number of rotatable bonds is 9. The van der Waals surface area contributed by atoms with Crippen molar-refractivity contribution in [2.45, 2.75) is 26.2 Å². The summed E-state index contributed by atoms with van der Waals surface area (Å²) in [5, 5.41) is 2.79. The van der Waals surface area contributed by atoms with Crippen molar-refractivity contribution in [2.24, 2.45) is 5.92 Å². The van der Waals surface area contributed by atoms with E-state index in [1.165, 1.54) is 12.8 Å². The molecule has 0 atom stereocenters. The van der Waals surface area contributed by atoms with E-state index < -0.39 is 0 Å². The van der Waals surface area contributed by atoms with Gasteiger partial charge in [-0.3, -0.25) is 4.79 Å². The highest BCUT2D eigenvalue weighted by Gasteiger charge is 2.21. The summed E-state index contributed by atoms with van der Waals surface area (Å²) in [7, 11) is 0. The molecule has 0 aromatic rings. The molecule has 0 aromatic heterocycles. The van der Waals surface area contributed by atoms with Crippen LogP contribution in [0.15, 0.2) is 0 Å². The number of carbonyl (C=O) groups is 1. The molecule has 4 heteroatoms. The zero-order valence-electron chi connectivity index (χ0n) is 9.46. The van der Waals surface area contributed by atoms with Crippen LogP contribution in [-0.2, 0) is 14.3 Å². The zero-order valence-corrected chi connectivity index (χ0v) is 9.46. The molecule has 1 saturated carbocycles. The molecule has 1 N–H and O–H groups in total. The van der Waals surface area contributed by atoms with Gasteiger partial charge in [0.25, 0.3) is 0 Å². The number of ether oxygens (including phenoxy) is 2. The summed E-state index contributed by atoms with van der Waals surface area (Å²) in [6.45, 7) is 5.02. The first kappa shape index (κ1) is 12.5. The Morgan fingerprint density at radius 1 is 1.40 bits per heavy atom. The average Bonchev–Trinajstić information content (AvgIpc) is 3.01.